The van der Waals surface area contributed by atoms with Crippen LogP contribution in [-0.2, 0) is 27.2 Å². The Balaban J connectivity index is 1.72. The predicted molar refractivity (Wildman–Crippen MR) is 120 cm³/mol. The zero-order valence-electron chi connectivity index (χ0n) is 18.8. The molecule has 1 heterocycles. The summed E-state index contributed by atoms with van der Waals surface area (Å²) in [5.74, 6) is -2.71. The summed E-state index contributed by atoms with van der Waals surface area (Å²) in [6, 6.07) is 11.2. The van der Waals surface area contributed by atoms with Crippen molar-refractivity contribution in [3.05, 3.63) is 64.7 Å². The molecular weight excluding hydrogens is 408 g/mol. The summed E-state index contributed by atoms with van der Waals surface area (Å²) in [4.78, 5) is 51.9. The van der Waals surface area contributed by atoms with Gasteiger partial charge in [-0.1, -0.05) is 58.0 Å². The molecule has 0 fully saturated rings. The fourth-order valence-corrected chi connectivity index (χ4v) is 3.94. The molecule has 0 spiro atoms. The van der Waals surface area contributed by atoms with Crippen LogP contribution in [0.25, 0.3) is 0 Å². The molecule has 32 heavy (non-hydrogen) atoms. The van der Waals surface area contributed by atoms with Crippen LogP contribution in [0.3, 0.4) is 0 Å². The number of esters is 1. The number of hydrogen-bond donors (Lipinski definition) is 1. The van der Waals surface area contributed by atoms with E-state index in [0.717, 1.165) is 34.6 Å². The van der Waals surface area contributed by atoms with E-state index in [9.17, 15) is 19.2 Å². The van der Waals surface area contributed by atoms with Crippen molar-refractivity contribution in [2.45, 2.75) is 46.6 Å². The van der Waals surface area contributed by atoms with E-state index in [1.54, 1.807) is 38.1 Å². The minimum absolute atomic E-state index is 0.261. The average molecular weight is 437 g/mol. The second kappa shape index (κ2) is 9.77. The number of amides is 3. The number of benzene rings is 2. The van der Waals surface area contributed by atoms with Crippen molar-refractivity contribution in [3.8, 4) is 0 Å². The largest absolute Gasteiger partial charge is 0.454 e. The van der Waals surface area contributed by atoms with Gasteiger partial charge in [0.15, 0.2) is 6.61 Å². The average Bonchev–Trinajstić information content (AvgIpc) is 3.03. The number of imide groups is 1. The first-order valence-corrected chi connectivity index (χ1v) is 10.8. The van der Waals surface area contributed by atoms with Crippen molar-refractivity contribution in [1.29, 1.82) is 0 Å². The van der Waals surface area contributed by atoms with Gasteiger partial charge in [-0.25, -0.2) is 4.79 Å². The zero-order chi connectivity index (χ0) is 23.4. The van der Waals surface area contributed by atoms with Crippen molar-refractivity contribution < 1.29 is 23.9 Å². The molecule has 1 aliphatic rings. The Morgan fingerprint density at radius 1 is 0.906 bits per heavy atom. The highest BCUT2D eigenvalue weighted by molar-refractivity contribution is 6.22. The molecule has 1 atom stereocenters. The maximum Gasteiger partial charge on any atom is 0.330 e. The summed E-state index contributed by atoms with van der Waals surface area (Å²) < 4.78 is 5.26. The Morgan fingerprint density at radius 3 is 1.91 bits per heavy atom. The van der Waals surface area contributed by atoms with Crippen LogP contribution in [0.1, 0.15) is 59.5 Å². The number of nitrogens with one attached hydrogen (secondary N) is 1. The minimum Gasteiger partial charge on any atom is -0.454 e. The van der Waals surface area contributed by atoms with E-state index >= 15 is 0 Å². The number of nitrogens with zero attached hydrogens (tertiary/aromatic N) is 1. The minimum atomic E-state index is -1.12. The topological polar surface area (TPSA) is 92.8 Å². The molecule has 7 nitrogen and oxygen atoms in total. The fourth-order valence-electron chi connectivity index (χ4n) is 3.94. The van der Waals surface area contributed by atoms with Gasteiger partial charge in [0.05, 0.1) is 11.1 Å². The summed E-state index contributed by atoms with van der Waals surface area (Å²) in [5, 5.41) is 2.84. The smallest absolute Gasteiger partial charge is 0.330 e. The van der Waals surface area contributed by atoms with Gasteiger partial charge in [0, 0.05) is 5.69 Å². The molecule has 0 aliphatic carbocycles. The number of fused-ring (bicyclic) bond motifs is 1. The van der Waals surface area contributed by atoms with Crippen LogP contribution in [0, 0.1) is 5.92 Å². The number of aryl methyl sites for hydroxylation is 2. The SMILES string of the molecule is CCc1cccc(CC)c1NC(=O)COC(=O)[C@@H](C(C)C)N1C(=O)c2ccccc2C1=O. The molecule has 2 aromatic rings. The summed E-state index contributed by atoms with van der Waals surface area (Å²) in [6.45, 7) is 6.94. The summed E-state index contributed by atoms with van der Waals surface area (Å²) in [5.41, 5.74) is 3.25. The lowest BCUT2D eigenvalue weighted by Crippen LogP contribution is -2.49. The molecule has 0 radical (unpaired) electrons. The van der Waals surface area contributed by atoms with Gasteiger partial charge in [-0.3, -0.25) is 19.3 Å². The number of hydrogen-bond acceptors (Lipinski definition) is 5. The number of anilines is 1. The van der Waals surface area contributed by atoms with E-state index in [2.05, 4.69) is 5.32 Å². The fraction of sp³-hybridized carbons (Fsp3) is 0.360. The molecule has 0 unspecified atom stereocenters. The van der Waals surface area contributed by atoms with E-state index < -0.39 is 36.3 Å². The number of para-hydroxylation sites is 1. The zero-order valence-corrected chi connectivity index (χ0v) is 18.8. The van der Waals surface area contributed by atoms with Crippen molar-refractivity contribution in [3.63, 3.8) is 0 Å². The van der Waals surface area contributed by atoms with E-state index in [4.69, 9.17) is 4.74 Å². The molecule has 0 saturated carbocycles. The van der Waals surface area contributed by atoms with Crippen molar-refractivity contribution >= 4 is 29.4 Å². The number of ether oxygens (including phenoxy) is 1. The van der Waals surface area contributed by atoms with Gasteiger partial charge in [-0.2, -0.15) is 0 Å². The molecule has 1 aliphatic heterocycles. The van der Waals surface area contributed by atoms with Crippen LogP contribution in [0.5, 0.6) is 0 Å². The highest BCUT2D eigenvalue weighted by Gasteiger charge is 2.44. The Morgan fingerprint density at radius 2 is 1.44 bits per heavy atom. The van der Waals surface area contributed by atoms with Gasteiger partial charge in [0.2, 0.25) is 0 Å². The van der Waals surface area contributed by atoms with Gasteiger partial charge in [-0.15, -0.1) is 0 Å². The van der Waals surface area contributed by atoms with Gasteiger partial charge in [0.1, 0.15) is 6.04 Å². The van der Waals surface area contributed by atoms with Crippen LogP contribution in [-0.4, -0.2) is 41.2 Å². The lowest BCUT2D eigenvalue weighted by atomic mass is 10.0. The molecular formula is C25H28N2O5. The Kier molecular flexibility index (Phi) is 7.08. The first-order chi connectivity index (χ1) is 15.3. The summed E-state index contributed by atoms with van der Waals surface area (Å²) >= 11 is 0. The number of rotatable bonds is 8. The first kappa shape index (κ1) is 23.2. The third-order valence-electron chi connectivity index (χ3n) is 5.59. The monoisotopic (exact) mass is 436 g/mol. The Bertz CT molecular complexity index is 1000. The molecule has 3 amide bonds. The Hall–Kier alpha value is -3.48. The number of carbonyl (C=O) groups excluding carboxylic acids is 4. The van der Waals surface area contributed by atoms with Crippen LogP contribution >= 0.6 is 0 Å². The quantitative estimate of drug-likeness (QED) is 0.504. The van der Waals surface area contributed by atoms with Crippen LogP contribution in [0.4, 0.5) is 5.69 Å². The van der Waals surface area contributed by atoms with E-state index in [1.165, 1.54) is 0 Å². The molecule has 7 heteroatoms. The highest BCUT2D eigenvalue weighted by atomic mass is 16.5. The van der Waals surface area contributed by atoms with Crippen molar-refractivity contribution in [1.82, 2.24) is 4.90 Å². The standard InChI is InChI=1S/C25H28N2O5/c1-5-16-10-9-11-17(6-2)21(16)26-20(28)14-32-25(31)22(15(3)4)27-23(29)18-12-7-8-13-19(18)24(27)30/h7-13,15,22H,5-6,14H2,1-4H3,(H,26,28)/t22-/m1/s1. The van der Waals surface area contributed by atoms with E-state index in [0.29, 0.717) is 0 Å². The maximum atomic E-state index is 12.9. The molecule has 2 aromatic carbocycles. The van der Waals surface area contributed by atoms with Gasteiger partial charge in [0.25, 0.3) is 17.7 Å². The summed E-state index contributed by atoms with van der Waals surface area (Å²) in [7, 11) is 0. The van der Waals surface area contributed by atoms with Crippen molar-refractivity contribution in [2.75, 3.05) is 11.9 Å². The van der Waals surface area contributed by atoms with Crippen LogP contribution < -0.4 is 5.32 Å². The molecule has 0 saturated heterocycles. The van der Waals surface area contributed by atoms with E-state index in [-0.39, 0.29) is 17.0 Å². The highest BCUT2D eigenvalue weighted by Crippen LogP contribution is 2.28. The number of carbonyl (C=O) groups is 4. The second-order valence-corrected chi connectivity index (χ2v) is 8.03. The third-order valence-corrected chi connectivity index (χ3v) is 5.59. The van der Waals surface area contributed by atoms with Gasteiger partial charge in [-0.05, 0) is 42.0 Å². The van der Waals surface area contributed by atoms with Crippen LogP contribution in [0.2, 0.25) is 0 Å². The second-order valence-electron chi connectivity index (χ2n) is 8.03. The summed E-state index contributed by atoms with van der Waals surface area (Å²) in [6.07, 6.45) is 1.50. The van der Waals surface area contributed by atoms with Crippen LogP contribution in [0.15, 0.2) is 42.5 Å². The lowest BCUT2D eigenvalue weighted by Gasteiger charge is -2.27. The molecule has 0 aromatic heterocycles. The molecule has 3 rings (SSSR count). The molecule has 168 valence electrons. The third kappa shape index (κ3) is 4.42. The molecule has 0 bridgehead atoms. The van der Waals surface area contributed by atoms with Crippen molar-refractivity contribution in [2.24, 2.45) is 5.92 Å². The normalized spacial score (nSPS) is 13.8. The lowest BCUT2D eigenvalue weighted by molar-refractivity contribution is -0.152. The first-order valence-electron chi connectivity index (χ1n) is 10.8. The Labute approximate surface area is 187 Å². The van der Waals surface area contributed by atoms with Gasteiger partial charge < -0.3 is 10.1 Å². The van der Waals surface area contributed by atoms with E-state index in [1.807, 2.05) is 32.0 Å². The van der Waals surface area contributed by atoms with Gasteiger partial charge >= 0.3 is 5.97 Å². The maximum absolute atomic E-state index is 12.9. The predicted octanol–water partition coefficient (Wildman–Crippen LogP) is 3.61. The molecule has 1 N–H and O–H groups in total.